The third-order valence-corrected chi connectivity index (χ3v) is 13.7. The fourth-order valence-electron chi connectivity index (χ4n) is 2.26. The van der Waals surface area contributed by atoms with Crippen molar-refractivity contribution in [3.8, 4) is 11.5 Å². The third kappa shape index (κ3) is 4.16. The van der Waals surface area contributed by atoms with Crippen LogP contribution in [0.25, 0.3) is 0 Å². The minimum absolute atomic E-state index is 0.320. The quantitative estimate of drug-likeness (QED) is 0.321. The number of ether oxygens (including phenoxy) is 2. The summed E-state index contributed by atoms with van der Waals surface area (Å²) in [6.07, 6.45) is 0. The molecule has 2 rings (SSSR count). The molecule has 0 saturated carbocycles. The van der Waals surface area contributed by atoms with Crippen LogP contribution in [0.4, 0.5) is 11.6 Å². The molecule has 0 aliphatic carbocycles. The van der Waals surface area contributed by atoms with Gasteiger partial charge in [-0.05, 0) is 0 Å². The van der Waals surface area contributed by atoms with Crippen molar-refractivity contribution in [3.05, 3.63) is 55.7 Å². The zero-order chi connectivity index (χ0) is 20.3. The Kier molecular flexibility index (Phi) is 6.63. The van der Waals surface area contributed by atoms with Crippen molar-refractivity contribution in [2.24, 2.45) is 0 Å². The number of halogens is 4. The summed E-state index contributed by atoms with van der Waals surface area (Å²) in [7, 11) is -5.99. The first-order valence-corrected chi connectivity index (χ1v) is 13.3. The van der Waals surface area contributed by atoms with Crippen LogP contribution in [0.15, 0.2) is 48.5 Å². The number of benzene rings is 2. The summed E-state index contributed by atoms with van der Waals surface area (Å²) >= 11 is -6.30. The summed E-state index contributed by atoms with van der Waals surface area (Å²) in [5.74, 6) is 0.651. The van der Waals surface area contributed by atoms with Gasteiger partial charge in [-0.25, -0.2) is 0 Å². The Morgan fingerprint density at radius 2 is 1.22 bits per heavy atom. The van der Waals surface area contributed by atoms with Crippen LogP contribution in [0.3, 0.4) is 0 Å². The second-order valence-electron chi connectivity index (χ2n) is 5.19. The van der Waals surface area contributed by atoms with Gasteiger partial charge in [0.05, 0.1) is 0 Å². The predicted molar refractivity (Wildman–Crippen MR) is 90.2 cm³/mol. The monoisotopic (exact) mass is 519 g/mol. The summed E-state index contributed by atoms with van der Waals surface area (Å²) in [4.78, 5) is 0. The van der Waals surface area contributed by atoms with E-state index in [1.807, 2.05) is 0 Å². The molecule has 2 aromatic carbocycles. The molecule has 27 heavy (non-hydrogen) atoms. The Morgan fingerprint density at radius 1 is 0.889 bits per heavy atom. The van der Waals surface area contributed by atoms with Gasteiger partial charge in [0.1, 0.15) is 0 Å². The zero-order valence-corrected chi connectivity index (χ0v) is 17.5. The van der Waals surface area contributed by atoms with Gasteiger partial charge in [0.25, 0.3) is 0 Å². The summed E-state index contributed by atoms with van der Waals surface area (Å²) in [5.41, 5.74) is 0. The molecule has 1 N–H and O–H groups in total. The molecule has 0 aliphatic rings. The summed E-state index contributed by atoms with van der Waals surface area (Å²) in [6, 6.07) is 9.40. The predicted octanol–water partition coefficient (Wildman–Crippen LogP) is 1.01. The van der Waals surface area contributed by atoms with Crippen LogP contribution in [0.5, 0.6) is 11.5 Å². The number of hydrogen-bond donors (Lipinski definition) is 1. The summed E-state index contributed by atoms with van der Waals surface area (Å²) in [5, 5.41) is 0. The molecule has 0 atom stereocenters. The Bertz CT molecular complexity index is 821. The number of rotatable bonds is 8. The minimum atomic E-state index is -6.30. The molecule has 0 amide bonds. The molecule has 2 aromatic rings. The van der Waals surface area contributed by atoms with Gasteiger partial charge in [0, 0.05) is 0 Å². The third-order valence-electron chi connectivity index (χ3n) is 3.45. The van der Waals surface area contributed by atoms with Gasteiger partial charge in [0.2, 0.25) is 0 Å². The Morgan fingerprint density at radius 3 is 1.48 bits per heavy atom. The number of alkyl halides is 3. The van der Waals surface area contributed by atoms with Crippen LogP contribution in [0.2, 0.25) is 0 Å². The van der Waals surface area contributed by atoms with Crippen molar-refractivity contribution in [1.82, 2.24) is 0 Å². The molecule has 0 fully saturated rings. The Hall–Kier alpha value is -1.53. The van der Waals surface area contributed by atoms with Gasteiger partial charge in [-0.3, -0.25) is 0 Å². The van der Waals surface area contributed by atoms with Crippen molar-refractivity contribution >= 4 is 10.1 Å². The van der Waals surface area contributed by atoms with E-state index in [9.17, 15) is 17.2 Å². The van der Waals surface area contributed by atoms with Gasteiger partial charge in [0.15, 0.2) is 0 Å². The molecule has 0 unspecified atom stereocenters. The van der Waals surface area contributed by atoms with Crippen molar-refractivity contribution in [2.75, 3.05) is 13.2 Å². The van der Waals surface area contributed by atoms with Crippen LogP contribution in [0.1, 0.15) is 13.8 Å². The first-order chi connectivity index (χ1) is 12.6. The second-order valence-corrected chi connectivity index (χ2v) is 14.1. The first kappa shape index (κ1) is 21.8. The first-order valence-electron chi connectivity index (χ1n) is 7.85. The fourth-order valence-corrected chi connectivity index (χ4v) is 10.9. The van der Waals surface area contributed by atoms with Crippen molar-refractivity contribution in [1.29, 1.82) is 0 Å². The summed E-state index contributed by atoms with van der Waals surface area (Å²) < 4.78 is 81.5. The molecule has 0 aliphatic heterocycles. The van der Waals surface area contributed by atoms with E-state index in [1.165, 1.54) is 24.3 Å². The Labute approximate surface area is 160 Å². The maximum atomic E-state index is 16.0. The van der Waals surface area contributed by atoms with Gasteiger partial charge in [-0.15, -0.1) is 0 Å². The molecule has 0 heterocycles. The van der Waals surface area contributed by atoms with E-state index in [1.54, 1.807) is 13.8 Å². The Balaban J connectivity index is 2.65. The van der Waals surface area contributed by atoms with Gasteiger partial charge >= 0.3 is 161 Å². The molecule has 10 heteroatoms. The molecule has 5 nitrogen and oxygen atoms in total. The van der Waals surface area contributed by atoms with E-state index in [2.05, 4.69) is 0 Å². The normalized spacial score (nSPS) is 13.3. The molecule has 0 spiro atoms. The van der Waals surface area contributed by atoms with Crippen LogP contribution in [-0.4, -0.2) is 29.4 Å². The van der Waals surface area contributed by atoms with E-state index in [-0.39, 0.29) is 0 Å². The van der Waals surface area contributed by atoms with Gasteiger partial charge < -0.3 is 0 Å². The molecule has 0 saturated heterocycles. The van der Waals surface area contributed by atoms with E-state index in [0.29, 0.717) is 24.7 Å². The number of hydrogen-bond acceptors (Lipinski definition) is 4. The fraction of sp³-hybridized carbons (Fsp3) is 0.294. The average molecular weight is 519 g/mol. The van der Waals surface area contributed by atoms with Crippen LogP contribution in [0, 0.1) is 7.14 Å². The maximum absolute atomic E-state index is 16.0. The SMILES string of the molecule is CCOc1ccc([I-](F)(c2ccc(OCC)cc2)C(F)(F)S(=O)(=O)O)cc1. The van der Waals surface area contributed by atoms with Crippen LogP contribution < -0.4 is 28.5 Å². The van der Waals surface area contributed by atoms with Crippen LogP contribution >= 0.6 is 0 Å². The molecular formula is C17H19F3IO5S-. The van der Waals surface area contributed by atoms with E-state index < -0.39 is 39.5 Å². The van der Waals surface area contributed by atoms with E-state index in [4.69, 9.17) is 14.0 Å². The van der Waals surface area contributed by atoms with Gasteiger partial charge in [-0.2, -0.15) is 0 Å². The van der Waals surface area contributed by atoms with Crippen molar-refractivity contribution in [2.45, 2.75) is 17.1 Å². The zero-order valence-electron chi connectivity index (χ0n) is 14.5. The topological polar surface area (TPSA) is 72.8 Å². The van der Waals surface area contributed by atoms with Gasteiger partial charge in [-0.1, -0.05) is 0 Å². The standard InChI is InChI=1S/C17H19F3IO5S/c1-3-25-15-9-5-13(6-10-15)21(20,17(18,19)27(22,23)24)14-7-11-16(12-8-14)26-4-2/h5-12H,3-4H2,1-2H3,(H,22,23,24)/q-1. The van der Waals surface area contributed by atoms with E-state index >= 15 is 2.86 Å². The average Bonchev–Trinajstić information content (AvgIpc) is 2.62. The van der Waals surface area contributed by atoms with Crippen LogP contribution in [-0.2, 0) is 10.1 Å². The molecule has 0 bridgehead atoms. The summed E-state index contributed by atoms with van der Waals surface area (Å²) in [6.45, 7) is 4.08. The van der Waals surface area contributed by atoms with Crippen molar-refractivity contribution in [3.63, 3.8) is 0 Å². The molecular weight excluding hydrogens is 500 g/mol. The van der Waals surface area contributed by atoms with Crippen molar-refractivity contribution < 1.29 is 53.1 Å². The molecule has 152 valence electrons. The molecule has 0 aromatic heterocycles. The molecule has 0 radical (unpaired) electrons. The van der Waals surface area contributed by atoms with E-state index in [0.717, 1.165) is 24.3 Å². The second kappa shape index (κ2) is 8.23.